The van der Waals surface area contributed by atoms with Gasteiger partial charge in [0, 0.05) is 54.2 Å². The molecule has 7 aromatic carbocycles. The zero-order valence-corrected chi connectivity index (χ0v) is 30.1. The van der Waals surface area contributed by atoms with Gasteiger partial charge in [0.1, 0.15) is 0 Å². The number of para-hydroxylation sites is 1. The quantitative estimate of drug-likeness (QED) is 0.178. The normalized spacial score (nSPS) is 16.0. The first-order valence-electron chi connectivity index (χ1n) is 18.5. The van der Waals surface area contributed by atoms with E-state index in [1.54, 1.807) is 0 Å². The lowest BCUT2D eigenvalue weighted by atomic mass is 9.89. The van der Waals surface area contributed by atoms with E-state index in [1.807, 2.05) is 17.4 Å². The van der Waals surface area contributed by atoms with E-state index in [0.717, 1.165) is 33.9 Å². The van der Waals surface area contributed by atoms with E-state index in [4.69, 9.17) is 9.97 Å². The fourth-order valence-electron chi connectivity index (χ4n) is 8.55. The number of aromatic nitrogens is 2. The second-order valence-corrected chi connectivity index (χ2v) is 15.1. The van der Waals surface area contributed by atoms with Crippen molar-refractivity contribution in [2.75, 3.05) is 4.90 Å². The minimum Gasteiger partial charge on any atom is -0.333 e. The maximum atomic E-state index is 5.28. The summed E-state index contributed by atoms with van der Waals surface area (Å²) in [5.74, 6) is 1.04. The number of fused-ring (bicyclic) bond motifs is 7. The van der Waals surface area contributed by atoms with E-state index in [9.17, 15) is 0 Å². The van der Waals surface area contributed by atoms with E-state index in [0.29, 0.717) is 5.92 Å². The minimum atomic E-state index is 0.256. The zero-order valence-electron chi connectivity index (χ0n) is 29.3. The molecule has 1 aliphatic heterocycles. The summed E-state index contributed by atoms with van der Waals surface area (Å²) in [6, 6.07) is 59.2. The number of hydrogen-bond donors (Lipinski definition) is 0. The summed E-state index contributed by atoms with van der Waals surface area (Å²) in [7, 11) is 0. The lowest BCUT2D eigenvalue weighted by Gasteiger charge is -2.28. The smallest absolute Gasteiger partial charge is 0.160 e. The van der Waals surface area contributed by atoms with Gasteiger partial charge >= 0.3 is 0 Å². The topological polar surface area (TPSA) is 29.0 Å². The van der Waals surface area contributed by atoms with Gasteiger partial charge in [-0.2, -0.15) is 0 Å². The monoisotopic (exact) mass is 707 g/mol. The Labute approximate surface area is 317 Å². The van der Waals surface area contributed by atoms with E-state index in [-0.39, 0.29) is 6.04 Å². The number of benzene rings is 7. The molecule has 3 nitrogen and oxygen atoms in total. The zero-order chi connectivity index (χ0) is 35.6. The fourth-order valence-corrected chi connectivity index (χ4v) is 9.78. The van der Waals surface area contributed by atoms with E-state index < -0.39 is 0 Å². The van der Waals surface area contributed by atoms with Crippen LogP contribution in [0.4, 0.5) is 11.4 Å². The Bertz CT molecular complexity index is 2960. The molecule has 11 rings (SSSR count). The lowest BCUT2D eigenvalue weighted by molar-refractivity contribution is 0.745. The predicted octanol–water partition coefficient (Wildman–Crippen LogP) is 13.4. The lowest BCUT2D eigenvalue weighted by Crippen LogP contribution is -2.28. The Morgan fingerprint density at radius 3 is 1.98 bits per heavy atom. The van der Waals surface area contributed by atoms with Crippen LogP contribution in [0.3, 0.4) is 0 Å². The highest BCUT2D eigenvalue weighted by atomic mass is 32.1. The van der Waals surface area contributed by atoms with Gasteiger partial charge < -0.3 is 4.90 Å². The molecule has 0 saturated heterocycles. The fraction of sp³-hybridized carbons (Fsp3) is 0.0400. The number of nitrogens with zero attached hydrogens (tertiary/aromatic N) is 3. The van der Waals surface area contributed by atoms with Crippen LogP contribution < -0.4 is 4.90 Å². The van der Waals surface area contributed by atoms with Crippen LogP contribution in [0.2, 0.25) is 0 Å². The molecular formula is C50H33N3S. The van der Waals surface area contributed by atoms with Crippen molar-refractivity contribution < 1.29 is 0 Å². The van der Waals surface area contributed by atoms with Crippen molar-refractivity contribution in [3.8, 4) is 45.0 Å². The molecule has 2 aliphatic rings. The van der Waals surface area contributed by atoms with Crippen molar-refractivity contribution in [3.05, 3.63) is 194 Å². The van der Waals surface area contributed by atoms with Gasteiger partial charge in [0.15, 0.2) is 5.82 Å². The first kappa shape index (κ1) is 31.0. The van der Waals surface area contributed by atoms with Gasteiger partial charge in [-0.05, 0) is 57.8 Å². The molecule has 3 heterocycles. The molecule has 2 atom stereocenters. The van der Waals surface area contributed by atoms with Crippen molar-refractivity contribution in [1.29, 1.82) is 0 Å². The third kappa shape index (κ3) is 4.95. The van der Waals surface area contributed by atoms with Crippen LogP contribution in [0.25, 0.3) is 76.0 Å². The molecule has 0 spiro atoms. The van der Waals surface area contributed by atoms with Gasteiger partial charge in [-0.25, -0.2) is 9.97 Å². The highest BCUT2D eigenvalue weighted by Crippen LogP contribution is 2.49. The van der Waals surface area contributed by atoms with Crippen LogP contribution in [-0.2, 0) is 0 Å². The van der Waals surface area contributed by atoms with Gasteiger partial charge in [-0.15, -0.1) is 11.3 Å². The third-order valence-corrected chi connectivity index (χ3v) is 12.3. The van der Waals surface area contributed by atoms with Gasteiger partial charge in [-0.1, -0.05) is 158 Å². The summed E-state index contributed by atoms with van der Waals surface area (Å²) in [6.45, 7) is 0. The standard InChI is InChI=1S/C50H33N3S/c1-3-14-32(15-4-1)50-51-44(31-45(52-50)43-23-13-22-42-41-21-10-12-25-48(41)54-49(42)43)38-29-28-35(36-18-7-8-19-37(36)38)33-26-27-40-39-20-9-11-24-46(39)53(47(40)30-33)34-16-5-2-6-17-34/h1-31,39,46H. The van der Waals surface area contributed by atoms with Gasteiger partial charge in [-0.3, -0.25) is 0 Å². The van der Waals surface area contributed by atoms with Gasteiger partial charge in [0.05, 0.1) is 17.4 Å². The first-order chi connectivity index (χ1) is 26.8. The minimum absolute atomic E-state index is 0.256. The Morgan fingerprint density at radius 2 is 1.15 bits per heavy atom. The molecule has 0 bridgehead atoms. The highest BCUT2D eigenvalue weighted by Gasteiger charge is 2.37. The Hall–Kier alpha value is -6.62. The number of rotatable bonds is 5. The van der Waals surface area contributed by atoms with Crippen LogP contribution in [0, 0.1) is 0 Å². The number of allylic oxidation sites excluding steroid dienone is 2. The van der Waals surface area contributed by atoms with Crippen molar-refractivity contribution in [2.45, 2.75) is 12.0 Å². The average molecular weight is 708 g/mol. The Kier molecular flexibility index (Phi) is 7.17. The van der Waals surface area contributed by atoms with E-state index >= 15 is 0 Å². The first-order valence-corrected chi connectivity index (χ1v) is 19.3. The van der Waals surface area contributed by atoms with Crippen molar-refractivity contribution in [2.24, 2.45) is 0 Å². The van der Waals surface area contributed by atoms with Crippen LogP contribution in [0.1, 0.15) is 11.5 Å². The Balaban J connectivity index is 1.09. The van der Waals surface area contributed by atoms with Crippen LogP contribution in [-0.4, -0.2) is 16.0 Å². The average Bonchev–Trinajstić information content (AvgIpc) is 3.79. The molecule has 4 heteroatoms. The van der Waals surface area contributed by atoms with Crippen LogP contribution in [0.5, 0.6) is 0 Å². The number of anilines is 2. The third-order valence-electron chi connectivity index (χ3n) is 11.0. The van der Waals surface area contributed by atoms with E-state index in [2.05, 4.69) is 187 Å². The van der Waals surface area contributed by atoms with Crippen molar-refractivity contribution in [1.82, 2.24) is 9.97 Å². The Morgan fingerprint density at radius 1 is 0.481 bits per heavy atom. The number of thiophene rings is 1. The molecule has 2 aromatic heterocycles. The highest BCUT2D eigenvalue weighted by molar-refractivity contribution is 7.26. The maximum absolute atomic E-state index is 5.28. The largest absolute Gasteiger partial charge is 0.333 e. The predicted molar refractivity (Wildman–Crippen MR) is 228 cm³/mol. The second-order valence-electron chi connectivity index (χ2n) is 14.1. The van der Waals surface area contributed by atoms with Gasteiger partial charge in [0.25, 0.3) is 0 Å². The maximum Gasteiger partial charge on any atom is 0.160 e. The van der Waals surface area contributed by atoms with E-state index in [1.165, 1.54) is 59.0 Å². The summed E-state index contributed by atoms with van der Waals surface area (Å²) in [5, 5.41) is 4.91. The molecule has 9 aromatic rings. The molecular weight excluding hydrogens is 675 g/mol. The molecule has 0 radical (unpaired) electrons. The SMILES string of the molecule is C1=CC2c3ccc(-c4ccc(-c5cc(-c6cccc7c6sc6ccccc67)nc(-c6ccccc6)n5)c5ccccc45)cc3N(c3ccccc3)C2C=C1. The van der Waals surface area contributed by atoms with Crippen LogP contribution >= 0.6 is 11.3 Å². The molecule has 254 valence electrons. The summed E-state index contributed by atoms with van der Waals surface area (Å²) >= 11 is 1.83. The second kappa shape index (κ2) is 12.5. The molecule has 54 heavy (non-hydrogen) atoms. The molecule has 0 fully saturated rings. The molecule has 1 aliphatic carbocycles. The van der Waals surface area contributed by atoms with Crippen LogP contribution in [0.15, 0.2) is 188 Å². The molecule has 0 saturated carbocycles. The molecule has 2 unspecified atom stereocenters. The van der Waals surface area contributed by atoms with Crippen molar-refractivity contribution >= 4 is 53.7 Å². The molecule has 0 N–H and O–H groups in total. The molecule has 0 amide bonds. The summed E-state index contributed by atoms with van der Waals surface area (Å²) < 4.78 is 2.53. The van der Waals surface area contributed by atoms with Crippen molar-refractivity contribution in [3.63, 3.8) is 0 Å². The summed E-state index contributed by atoms with van der Waals surface area (Å²) in [4.78, 5) is 13.0. The summed E-state index contributed by atoms with van der Waals surface area (Å²) in [5.41, 5.74) is 11.3. The summed E-state index contributed by atoms with van der Waals surface area (Å²) in [6.07, 6.45) is 9.05. The van der Waals surface area contributed by atoms with Gasteiger partial charge in [0.2, 0.25) is 0 Å². The number of hydrogen-bond acceptors (Lipinski definition) is 4.